The van der Waals surface area contributed by atoms with Crippen molar-refractivity contribution in [1.82, 2.24) is 9.55 Å². The zero-order valence-electron chi connectivity index (χ0n) is 26.9. The van der Waals surface area contributed by atoms with Crippen molar-refractivity contribution in [2.75, 3.05) is 0 Å². The van der Waals surface area contributed by atoms with E-state index in [4.69, 9.17) is 15.0 Å². The standard InChI is InChI=1S/C45H32N4/c1-4-17-31(18-5-1)37-27-16-28-38(47-44(46-37)33-21-8-3-9-22-33)34-23-11-14-29-40(34)49-41-30-15-12-25-36(41)42(32-19-6-2-7-20-32)43-35-24-10-13-26-39(35)48-45(43)49/h1-15,17-27,29-30H,16,28H2. The molecule has 4 nitrogen and oxygen atoms in total. The van der Waals surface area contributed by atoms with E-state index in [2.05, 4.69) is 150 Å². The maximum absolute atomic E-state index is 5.40. The molecule has 0 radical (unpaired) electrons. The van der Waals surface area contributed by atoms with Gasteiger partial charge in [0.2, 0.25) is 0 Å². The minimum atomic E-state index is 0.705. The van der Waals surface area contributed by atoms with Gasteiger partial charge in [-0.25, -0.2) is 15.0 Å². The molecule has 0 amide bonds. The van der Waals surface area contributed by atoms with Gasteiger partial charge in [-0.1, -0.05) is 152 Å². The number of hydrogen-bond donors (Lipinski definition) is 0. The van der Waals surface area contributed by atoms with Crippen LogP contribution in [0.4, 0.5) is 0 Å². The summed E-state index contributed by atoms with van der Waals surface area (Å²) in [6, 6.07) is 57.2. The molecular weight excluding hydrogens is 597 g/mol. The molecule has 4 heteroatoms. The molecule has 232 valence electrons. The number of amidine groups is 1. The molecule has 0 saturated heterocycles. The van der Waals surface area contributed by atoms with E-state index in [1.54, 1.807) is 0 Å². The van der Waals surface area contributed by atoms with Crippen LogP contribution in [-0.2, 0) is 0 Å². The van der Waals surface area contributed by atoms with Gasteiger partial charge in [0.15, 0.2) is 5.84 Å². The number of nitrogens with zero attached hydrogens (tertiary/aromatic N) is 4. The Balaban J connectivity index is 1.31. The van der Waals surface area contributed by atoms with Gasteiger partial charge in [-0.3, -0.25) is 4.57 Å². The largest absolute Gasteiger partial charge is 0.293 e. The van der Waals surface area contributed by atoms with Crippen molar-refractivity contribution in [2.45, 2.75) is 12.8 Å². The van der Waals surface area contributed by atoms with Gasteiger partial charge in [-0.15, -0.1) is 0 Å². The van der Waals surface area contributed by atoms with Gasteiger partial charge in [0, 0.05) is 33.0 Å². The Morgan fingerprint density at radius 3 is 1.88 bits per heavy atom. The first kappa shape index (κ1) is 28.8. The van der Waals surface area contributed by atoms with E-state index in [0.717, 1.165) is 74.4 Å². The predicted octanol–water partition coefficient (Wildman–Crippen LogP) is 11.0. The summed E-state index contributed by atoms with van der Waals surface area (Å²) in [5.74, 6) is 1.64. The maximum Gasteiger partial charge on any atom is 0.160 e. The summed E-state index contributed by atoms with van der Waals surface area (Å²) in [5.41, 5.74) is 11.7. The van der Waals surface area contributed by atoms with Gasteiger partial charge in [-0.2, -0.15) is 0 Å². The molecule has 0 saturated carbocycles. The van der Waals surface area contributed by atoms with Crippen molar-refractivity contribution in [3.63, 3.8) is 0 Å². The molecule has 0 aromatic heterocycles. The summed E-state index contributed by atoms with van der Waals surface area (Å²) >= 11 is 0. The minimum Gasteiger partial charge on any atom is -0.293 e. The maximum atomic E-state index is 5.40. The van der Waals surface area contributed by atoms with Gasteiger partial charge < -0.3 is 0 Å². The summed E-state index contributed by atoms with van der Waals surface area (Å²) < 4.78 is 2.35. The highest BCUT2D eigenvalue weighted by Crippen LogP contribution is 2.45. The van der Waals surface area contributed by atoms with Crippen LogP contribution in [0.15, 0.2) is 180 Å². The monoisotopic (exact) mass is 628 g/mol. The first-order valence-corrected chi connectivity index (χ1v) is 16.8. The van der Waals surface area contributed by atoms with Crippen molar-refractivity contribution < 1.29 is 0 Å². The zero-order valence-corrected chi connectivity index (χ0v) is 26.9. The van der Waals surface area contributed by atoms with Crippen LogP contribution in [0.2, 0.25) is 0 Å². The predicted molar refractivity (Wildman–Crippen MR) is 204 cm³/mol. The number of hydrogen-bond acceptors (Lipinski definition) is 3. The molecule has 0 aliphatic carbocycles. The first-order valence-electron chi connectivity index (χ1n) is 16.8. The van der Waals surface area contributed by atoms with Crippen LogP contribution in [-0.4, -0.2) is 21.1 Å². The lowest BCUT2D eigenvalue weighted by Crippen LogP contribution is -2.14. The van der Waals surface area contributed by atoms with Gasteiger partial charge in [0.1, 0.15) is 5.82 Å². The smallest absolute Gasteiger partial charge is 0.160 e. The number of benzene rings is 6. The molecule has 9 rings (SSSR count). The lowest BCUT2D eigenvalue weighted by Gasteiger charge is -2.23. The fraction of sp³-hybridized carbons (Fsp3) is 0.0444. The van der Waals surface area contributed by atoms with Crippen LogP contribution in [0.1, 0.15) is 29.5 Å². The molecule has 3 aliphatic heterocycles. The van der Waals surface area contributed by atoms with Gasteiger partial charge >= 0.3 is 0 Å². The number of aliphatic imine (C=N–C) groups is 2. The van der Waals surface area contributed by atoms with Crippen molar-refractivity contribution >= 4 is 39.1 Å². The van der Waals surface area contributed by atoms with E-state index in [0.29, 0.717) is 5.84 Å². The molecule has 6 aromatic rings. The molecule has 3 heterocycles. The molecule has 0 fully saturated rings. The number of aromatic nitrogens is 2. The van der Waals surface area contributed by atoms with Crippen LogP contribution in [0, 0.1) is 0 Å². The molecule has 0 atom stereocenters. The highest BCUT2D eigenvalue weighted by Gasteiger charge is 2.26. The fourth-order valence-electron chi connectivity index (χ4n) is 7.09. The van der Waals surface area contributed by atoms with Crippen molar-refractivity contribution in [1.29, 1.82) is 0 Å². The Morgan fingerprint density at radius 2 is 1.10 bits per heavy atom. The Bertz CT molecular complexity index is 2520. The lowest BCUT2D eigenvalue weighted by atomic mass is 9.92. The van der Waals surface area contributed by atoms with Crippen molar-refractivity contribution in [3.8, 4) is 28.2 Å². The number of rotatable bonds is 5. The van der Waals surface area contributed by atoms with Crippen molar-refractivity contribution in [3.05, 3.63) is 187 Å². The third-order valence-electron chi connectivity index (χ3n) is 9.31. The Labute approximate surface area is 285 Å². The Hall–Kier alpha value is -6.39. The summed E-state index contributed by atoms with van der Waals surface area (Å²) in [5, 5.41) is 2.32. The van der Waals surface area contributed by atoms with E-state index in [1.807, 2.05) is 24.3 Å². The quantitative estimate of drug-likeness (QED) is 0.187. The Kier molecular flexibility index (Phi) is 7.25. The highest BCUT2D eigenvalue weighted by atomic mass is 15.1. The average Bonchev–Trinajstić information content (AvgIpc) is 3.54. The number of allylic oxidation sites excluding steroid dienone is 1. The second-order valence-electron chi connectivity index (χ2n) is 12.3. The fourth-order valence-corrected chi connectivity index (χ4v) is 7.09. The van der Waals surface area contributed by atoms with Crippen LogP contribution >= 0.6 is 0 Å². The number of para-hydroxylation sites is 3. The molecule has 0 bridgehead atoms. The molecular formula is C45H32N4. The van der Waals surface area contributed by atoms with Gasteiger partial charge in [0.25, 0.3) is 0 Å². The summed E-state index contributed by atoms with van der Waals surface area (Å²) in [6.07, 6.45) is 3.82. The van der Waals surface area contributed by atoms with E-state index in [-0.39, 0.29) is 0 Å². The second kappa shape index (κ2) is 12.3. The zero-order chi connectivity index (χ0) is 32.6. The summed E-state index contributed by atoms with van der Waals surface area (Å²) in [6.45, 7) is 0. The Morgan fingerprint density at radius 1 is 0.490 bits per heavy atom. The normalized spacial score (nSPS) is 13.5. The molecule has 49 heavy (non-hydrogen) atoms. The number of pyridine rings is 1. The minimum absolute atomic E-state index is 0.705. The van der Waals surface area contributed by atoms with E-state index in [9.17, 15) is 0 Å². The molecule has 0 N–H and O–H groups in total. The van der Waals surface area contributed by atoms with Gasteiger partial charge in [0.05, 0.1) is 28.1 Å². The van der Waals surface area contributed by atoms with Crippen molar-refractivity contribution in [2.24, 2.45) is 9.98 Å². The second-order valence-corrected chi connectivity index (χ2v) is 12.3. The van der Waals surface area contributed by atoms with Crippen LogP contribution in [0.3, 0.4) is 0 Å². The van der Waals surface area contributed by atoms with Gasteiger partial charge in [-0.05, 0) is 42.2 Å². The summed E-state index contributed by atoms with van der Waals surface area (Å²) in [4.78, 5) is 15.9. The van der Waals surface area contributed by atoms with E-state index in [1.165, 1.54) is 16.5 Å². The molecule has 6 aromatic carbocycles. The topological polar surface area (TPSA) is 42.5 Å². The van der Waals surface area contributed by atoms with Crippen LogP contribution in [0.25, 0.3) is 55.7 Å². The summed E-state index contributed by atoms with van der Waals surface area (Å²) in [7, 11) is 0. The molecule has 0 unspecified atom stereocenters. The average molecular weight is 629 g/mol. The van der Waals surface area contributed by atoms with Crippen LogP contribution in [0.5, 0.6) is 0 Å². The molecule has 0 spiro atoms. The number of fused-ring (bicyclic) bond motifs is 4. The molecule has 3 aliphatic rings. The third kappa shape index (κ3) is 5.15. The van der Waals surface area contributed by atoms with E-state index < -0.39 is 0 Å². The third-order valence-corrected chi connectivity index (χ3v) is 9.31. The lowest BCUT2D eigenvalue weighted by molar-refractivity contribution is 1.05. The highest BCUT2D eigenvalue weighted by molar-refractivity contribution is 6.17. The SMILES string of the molecule is C1=C(c2ccccc2)N=C(c2ccccc2)N=C(c2ccccc2-n2c3nc4ccccc4c-3c(-c3ccccc3)c3ccccc32)CC1. The van der Waals surface area contributed by atoms with Crippen LogP contribution < -0.4 is 0 Å². The first-order chi connectivity index (χ1) is 24.3. The van der Waals surface area contributed by atoms with E-state index >= 15 is 0 Å².